The summed E-state index contributed by atoms with van der Waals surface area (Å²) < 4.78 is 47.1. The topological polar surface area (TPSA) is 112 Å². The smallest absolute Gasteiger partial charge is 0.415 e. The van der Waals surface area contributed by atoms with Crippen LogP contribution in [0, 0.1) is 0 Å². The van der Waals surface area contributed by atoms with E-state index in [-0.39, 0.29) is 29.9 Å². The Kier molecular flexibility index (Phi) is 6.40. The van der Waals surface area contributed by atoms with Gasteiger partial charge in [0.25, 0.3) is 5.89 Å². The summed E-state index contributed by atoms with van der Waals surface area (Å²) >= 11 is 5.89. The second-order valence-electron chi connectivity index (χ2n) is 7.42. The molecule has 0 spiro atoms. The summed E-state index contributed by atoms with van der Waals surface area (Å²) in [4.78, 5) is 11.7. The number of halogens is 4. The van der Waals surface area contributed by atoms with E-state index in [9.17, 15) is 18.0 Å². The number of carbonyl (C=O) groups excluding carboxylic acids is 1. The number of nitrogens with two attached hydrogens (primary N) is 1. The maximum Gasteiger partial charge on any atom is 0.435 e. The monoisotopic (exact) mass is 490 g/mol. The van der Waals surface area contributed by atoms with Gasteiger partial charge in [-0.15, -0.1) is 10.2 Å². The minimum Gasteiger partial charge on any atom is -0.415 e. The number of carbonyl (C=O) groups is 1. The number of rotatable bonds is 6. The van der Waals surface area contributed by atoms with Crippen molar-refractivity contribution < 1.29 is 22.4 Å². The molecule has 0 fully saturated rings. The van der Waals surface area contributed by atoms with Crippen LogP contribution in [-0.4, -0.2) is 31.9 Å². The average molecular weight is 491 g/mol. The standard InChI is InChI=1S/C22H18ClF3N6O2/c1-12(27)19(33)28-11-13-3-2-4-16(9-13)32-17(10-18(31-32)22(24,25)26)21-30-29-20(34-21)14-5-7-15(23)8-6-14/h2-10,12H,11,27H2,1H3,(H,28,33). The van der Waals surface area contributed by atoms with Crippen molar-refractivity contribution in [3.63, 3.8) is 0 Å². The van der Waals surface area contributed by atoms with Gasteiger partial charge in [0.15, 0.2) is 5.69 Å². The van der Waals surface area contributed by atoms with E-state index in [4.69, 9.17) is 21.8 Å². The van der Waals surface area contributed by atoms with Gasteiger partial charge in [-0.1, -0.05) is 23.7 Å². The van der Waals surface area contributed by atoms with Gasteiger partial charge < -0.3 is 15.5 Å². The van der Waals surface area contributed by atoms with Crippen molar-refractivity contribution in [1.29, 1.82) is 0 Å². The zero-order valence-electron chi connectivity index (χ0n) is 17.7. The van der Waals surface area contributed by atoms with Crippen LogP contribution in [0.25, 0.3) is 28.7 Å². The van der Waals surface area contributed by atoms with Crippen LogP contribution in [0.4, 0.5) is 13.2 Å². The summed E-state index contributed by atoms with van der Waals surface area (Å²) in [6.45, 7) is 1.68. The molecule has 0 aliphatic carbocycles. The van der Waals surface area contributed by atoms with Gasteiger partial charge in [0.2, 0.25) is 11.8 Å². The molecule has 0 bridgehead atoms. The lowest BCUT2D eigenvalue weighted by Crippen LogP contribution is -2.37. The van der Waals surface area contributed by atoms with E-state index in [0.717, 1.165) is 10.7 Å². The molecule has 1 amide bonds. The fraction of sp³-hybridized carbons (Fsp3) is 0.182. The van der Waals surface area contributed by atoms with Gasteiger partial charge >= 0.3 is 6.18 Å². The molecule has 0 aliphatic heterocycles. The minimum atomic E-state index is -4.69. The number of alkyl halides is 3. The lowest BCUT2D eigenvalue weighted by molar-refractivity contribution is -0.141. The van der Waals surface area contributed by atoms with E-state index in [1.807, 2.05) is 0 Å². The second-order valence-corrected chi connectivity index (χ2v) is 7.86. The van der Waals surface area contributed by atoms with Crippen molar-refractivity contribution in [1.82, 2.24) is 25.3 Å². The first-order valence-electron chi connectivity index (χ1n) is 10.0. The van der Waals surface area contributed by atoms with Crippen molar-refractivity contribution >= 4 is 17.5 Å². The highest BCUT2D eigenvalue weighted by Crippen LogP contribution is 2.34. The first kappa shape index (κ1) is 23.5. The molecule has 2 aromatic carbocycles. The van der Waals surface area contributed by atoms with Gasteiger partial charge in [0.05, 0.1) is 11.7 Å². The number of amides is 1. The molecular formula is C22H18ClF3N6O2. The van der Waals surface area contributed by atoms with Crippen LogP contribution in [0.15, 0.2) is 59.0 Å². The Morgan fingerprint density at radius 2 is 1.85 bits per heavy atom. The molecule has 1 unspecified atom stereocenters. The quantitative estimate of drug-likeness (QED) is 0.418. The lowest BCUT2D eigenvalue weighted by Gasteiger charge is -2.10. The van der Waals surface area contributed by atoms with Crippen LogP contribution in [0.2, 0.25) is 5.02 Å². The Labute approximate surface area is 196 Å². The fourth-order valence-corrected chi connectivity index (χ4v) is 3.18. The van der Waals surface area contributed by atoms with Crippen LogP contribution in [0.3, 0.4) is 0 Å². The number of hydrogen-bond acceptors (Lipinski definition) is 6. The molecule has 0 aliphatic rings. The molecule has 3 N–H and O–H groups in total. The Hall–Kier alpha value is -3.70. The van der Waals surface area contributed by atoms with Crippen molar-refractivity contribution in [3.8, 4) is 28.7 Å². The molecule has 34 heavy (non-hydrogen) atoms. The summed E-state index contributed by atoms with van der Waals surface area (Å²) in [7, 11) is 0. The molecule has 12 heteroatoms. The fourth-order valence-electron chi connectivity index (χ4n) is 3.05. The Morgan fingerprint density at radius 1 is 1.15 bits per heavy atom. The minimum absolute atomic E-state index is 0.0446. The van der Waals surface area contributed by atoms with Gasteiger partial charge in [-0.05, 0) is 48.9 Å². The number of hydrogen-bond donors (Lipinski definition) is 2. The summed E-state index contributed by atoms with van der Waals surface area (Å²) in [5.41, 5.74) is 5.87. The van der Waals surface area contributed by atoms with Gasteiger partial charge in [-0.2, -0.15) is 18.3 Å². The summed E-state index contributed by atoms with van der Waals surface area (Å²) in [5.74, 6) is -0.394. The number of aromatic nitrogens is 4. The average Bonchev–Trinajstić information content (AvgIpc) is 3.45. The van der Waals surface area contributed by atoms with Crippen LogP contribution < -0.4 is 11.1 Å². The van der Waals surface area contributed by atoms with Crippen LogP contribution in [0.1, 0.15) is 18.2 Å². The summed E-state index contributed by atoms with van der Waals surface area (Å²) in [5, 5.41) is 14.7. The molecular weight excluding hydrogens is 473 g/mol. The predicted octanol–water partition coefficient (Wildman–Crippen LogP) is 4.22. The first-order chi connectivity index (χ1) is 16.1. The molecule has 1 atom stereocenters. The van der Waals surface area contributed by atoms with Crippen LogP contribution in [-0.2, 0) is 17.5 Å². The lowest BCUT2D eigenvalue weighted by atomic mass is 10.2. The molecule has 4 rings (SSSR count). The van der Waals surface area contributed by atoms with Crippen molar-refractivity contribution in [3.05, 3.63) is 70.9 Å². The summed E-state index contributed by atoms with van der Waals surface area (Å²) in [6, 6.07) is 13.2. The van der Waals surface area contributed by atoms with Gasteiger partial charge in [0, 0.05) is 23.2 Å². The Morgan fingerprint density at radius 3 is 2.53 bits per heavy atom. The maximum absolute atomic E-state index is 13.5. The highest BCUT2D eigenvalue weighted by molar-refractivity contribution is 6.30. The molecule has 176 valence electrons. The van der Waals surface area contributed by atoms with Crippen LogP contribution >= 0.6 is 11.6 Å². The van der Waals surface area contributed by atoms with E-state index in [2.05, 4.69) is 20.6 Å². The van der Waals surface area contributed by atoms with E-state index < -0.39 is 17.9 Å². The third kappa shape index (κ3) is 5.10. The largest absolute Gasteiger partial charge is 0.435 e. The molecule has 0 radical (unpaired) electrons. The van der Waals surface area contributed by atoms with E-state index in [1.165, 1.54) is 0 Å². The van der Waals surface area contributed by atoms with E-state index in [0.29, 0.717) is 21.8 Å². The van der Waals surface area contributed by atoms with E-state index >= 15 is 0 Å². The van der Waals surface area contributed by atoms with Crippen molar-refractivity contribution in [2.45, 2.75) is 25.7 Å². The van der Waals surface area contributed by atoms with Crippen molar-refractivity contribution in [2.24, 2.45) is 5.73 Å². The molecule has 0 saturated heterocycles. The van der Waals surface area contributed by atoms with E-state index in [1.54, 1.807) is 55.5 Å². The zero-order valence-corrected chi connectivity index (χ0v) is 18.4. The van der Waals surface area contributed by atoms with Gasteiger partial charge in [-0.3, -0.25) is 4.79 Å². The molecule has 0 saturated carbocycles. The van der Waals surface area contributed by atoms with Crippen molar-refractivity contribution in [2.75, 3.05) is 0 Å². The Bertz CT molecular complexity index is 1310. The molecule has 2 aromatic heterocycles. The predicted molar refractivity (Wildman–Crippen MR) is 118 cm³/mol. The number of benzene rings is 2. The third-order valence-electron chi connectivity index (χ3n) is 4.77. The third-order valence-corrected chi connectivity index (χ3v) is 5.02. The Balaban J connectivity index is 1.72. The highest BCUT2D eigenvalue weighted by Gasteiger charge is 2.36. The number of nitrogens with one attached hydrogen (secondary N) is 1. The maximum atomic E-state index is 13.5. The highest BCUT2D eigenvalue weighted by atomic mass is 35.5. The van der Waals surface area contributed by atoms with Gasteiger partial charge in [0.1, 0.15) is 5.69 Å². The zero-order chi connectivity index (χ0) is 24.5. The molecule has 4 aromatic rings. The SMILES string of the molecule is CC(N)C(=O)NCc1cccc(-n2nc(C(F)(F)F)cc2-c2nnc(-c3ccc(Cl)cc3)o2)c1. The molecule has 8 nitrogen and oxygen atoms in total. The second kappa shape index (κ2) is 9.27. The number of nitrogens with zero attached hydrogens (tertiary/aromatic N) is 4. The molecule has 2 heterocycles. The van der Waals surface area contributed by atoms with Crippen LogP contribution in [0.5, 0.6) is 0 Å². The normalized spacial score (nSPS) is 12.5. The first-order valence-corrected chi connectivity index (χ1v) is 10.4. The summed E-state index contributed by atoms with van der Waals surface area (Å²) in [6.07, 6.45) is -4.69. The van der Waals surface area contributed by atoms with Gasteiger partial charge in [-0.25, -0.2) is 4.68 Å².